The normalized spacial score (nSPS) is 18.4. The topological polar surface area (TPSA) is 67.0 Å². The molecule has 2 atom stereocenters. The Balaban J connectivity index is 1.34. The number of nitrogens with one attached hydrogen (secondary N) is 2. The zero-order chi connectivity index (χ0) is 21.2. The van der Waals surface area contributed by atoms with Gasteiger partial charge in [-0.3, -0.25) is 15.1 Å². The number of pyridine rings is 1. The van der Waals surface area contributed by atoms with Crippen molar-refractivity contribution < 1.29 is 9.53 Å². The van der Waals surface area contributed by atoms with Crippen LogP contribution in [0.5, 0.6) is 5.75 Å². The third kappa shape index (κ3) is 4.09. The number of aryl methyl sites for hydroxylation is 1. The SMILES string of the molecule is Cc1[nH]c2cc(OCc3ccccc3)ccc2c1C(=O)[C@@H]1CSC(c2cccnc2)N1. The van der Waals surface area contributed by atoms with Gasteiger partial charge in [0.05, 0.1) is 16.9 Å². The van der Waals surface area contributed by atoms with Crippen molar-refractivity contribution in [3.63, 3.8) is 0 Å². The summed E-state index contributed by atoms with van der Waals surface area (Å²) in [5.41, 5.74) is 4.78. The van der Waals surface area contributed by atoms with E-state index >= 15 is 0 Å². The van der Waals surface area contributed by atoms with Gasteiger partial charge in [0.15, 0.2) is 5.78 Å². The number of Topliss-reactive ketones (excluding diaryl/α,β-unsaturated/α-hetero) is 1. The van der Waals surface area contributed by atoms with E-state index in [4.69, 9.17) is 4.74 Å². The van der Waals surface area contributed by atoms with Crippen LogP contribution in [0.1, 0.15) is 32.6 Å². The highest BCUT2D eigenvalue weighted by molar-refractivity contribution is 7.99. The molecule has 4 aromatic rings. The van der Waals surface area contributed by atoms with Crippen LogP contribution in [0.2, 0.25) is 0 Å². The van der Waals surface area contributed by atoms with E-state index in [1.807, 2.05) is 73.8 Å². The molecule has 1 aliphatic heterocycles. The van der Waals surface area contributed by atoms with Crippen LogP contribution in [0.15, 0.2) is 73.1 Å². The molecule has 6 heteroatoms. The number of carbonyl (C=O) groups excluding carboxylic acids is 1. The van der Waals surface area contributed by atoms with E-state index in [0.717, 1.165) is 44.8 Å². The Morgan fingerprint density at radius 1 is 1.16 bits per heavy atom. The molecule has 156 valence electrons. The first-order chi connectivity index (χ1) is 15.2. The van der Waals surface area contributed by atoms with Gasteiger partial charge >= 0.3 is 0 Å². The lowest BCUT2D eigenvalue weighted by Crippen LogP contribution is -2.34. The Hall–Kier alpha value is -3.09. The molecule has 3 heterocycles. The number of rotatable bonds is 6. The summed E-state index contributed by atoms with van der Waals surface area (Å²) in [6.45, 7) is 2.47. The van der Waals surface area contributed by atoms with E-state index in [2.05, 4.69) is 15.3 Å². The minimum atomic E-state index is -0.220. The fraction of sp³-hybridized carbons (Fsp3) is 0.200. The number of aromatic nitrogens is 2. The van der Waals surface area contributed by atoms with E-state index < -0.39 is 0 Å². The minimum absolute atomic E-state index is 0.0890. The van der Waals surface area contributed by atoms with Gasteiger partial charge in [-0.1, -0.05) is 36.4 Å². The van der Waals surface area contributed by atoms with Crippen LogP contribution in [0, 0.1) is 6.92 Å². The summed E-state index contributed by atoms with van der Waals surface area (Å²) in [4.78, 5) is 20.9. The van der Waals surface area contributed by atoms with Crippen molar-refractivity contribution >= 4 is 28.4 Å². The minimum Gasteiger partial charge on any atom is -0.489 e. The fourth-order valence-corrected chi connectivity index (χ4v) is 5.20. The Kier molecular flexibility index (Phi) is 5.49. The van der Waals surface area contributed by atoms with Gasteiger partial charge in [-0.25, -0.2) is 0 Å². The van der Waals surface area contributed by atoms with Crippen LogP contribution < -0.4 is 10.1 Å². The molecule has 0 amide bonds. The number of carbonyl (C=O) groups is 1. The summed E-state index contributed by atoms with van der Waals surface area (Å²) in [7, 11) is 0. The summed E-state index contributed by atoms with van der Waals surface area (Å²) >= 11 is 1.75. The number of H-pyrrole nitrogens is 1. The van der Waals surface area contributed by atoms with E-state index in [1.165, 1.54) is 0 Å². The number of thioether (sulfide) groups is 1. The first-order valence-corrected chi connectivity index (χ1v) is 11.3. The maximum Gasteiger partial charge on any atom is 0.183 e. The zero-order valence-electron chi connectivity index (χ0n) is 17.2. The first-order valence-electron chi connectivity index (χ1n) is 10.3. The van der Waals surface area contributed by atoms with E-state index in [9.17, 15) is 4.79 Å². The molecule has 0 saturated carbocycles. The van der Waals surface area contributed by atoms with Crippen LogP contribution in [-0.2, 0) is 6.61 Å². The van der Waals surface area contributed by atoms with Crippen molar-refractivity contribution in [3.8, 4) is 5.75 Å². The summed E-state index contributed by atoms with van der Waals surface area (Å²) < 4.78 is 5.95. The molecule has 0 spiro atoms. The summed E-state index contributed by atoms with van der Waals surface area (Å²) in [6.07, 6.45) is 3.62. The molecule has 2 aromatic heterocycles. The van der Waals surface area contributed by atoms with Crippen LogP contribution in [-0.4, -0.2) is 27.5 Å². The second kappa shape index (κ2) is 8.57. The molecule has 0 aliphatic carbocycles. The van der Waals surface area contributed by atoms with Gasteiger partial charge in [-0.2, -0.15) is 0 Å². The standard InChI is InChI=1S/C25H23N3O2S/c1-16-23(24(29)22-15-31-25(28-22)18-8-5-11-26-13-18)20-10-9-19(12-21(20)27-16)30-14-17-6-3-2-4-7-17/h2-13,22,25,27-28H,14-15H2,1H3/t22-,25?/m0/s1. The predicted molar refractivity (Wildman–Crippen MR) is 124 cm³/mol. The van der Waals surface area contributed by atoms with Gasteiger partial charge in [0.2, 0.25) is 0 Å². The third-order valence-corrected chi connectivity index (χ3v) is 6.81. The number of hydrogen-bond donors (Lipinski definition) is 2. The van der Waals surface area contributed by atoms with E-state index in [0.29, 0.717) is 6.61 Å². The van der Waals surface area contributed by atoms with Gasteiger partial charge in [0, 0.05) is 40.9 Å². The molecule has 5 nitrogen and oxygen atoms in total. The summed E-state index contributed by atoms with van der Waals surface area (Å²) in [5, 5.41) is 4.50. The molecule has 5 rings (SSSR count). The number of aromatic amines is 1. The van der Waals surface area contributed by atoms with E-state index in [1.54, 1.807) is 18.0 Å². The molecule has 0 bridgehead atoms. The highest BCUT2D eigenvalue weighted by Crippen LogP contribution is 2.35. The number of ether oxygens (including phenoxy) is 1. The maximum atomic E-state index is 13.4. The quantitative estimate of drug-likeness (QED) is 0.421. The first kappa shape index (κ1) is 19.8. The van der Waals surface area contributed by atoms with Gasteiger partial charge in [-0.15, -0.1) is 11.8 Å². The lowest BCUT2D eigenvalue weighted by atomic mass is 10.0. The van der Waals surface area contributed by atoms with Gasteiger partial charge < -0.3 is 9.72 Å². The summed E-state index contributed by atoms with van der Waals surface area (Å²) in [6, 6.07) is 19.7. The van der Waals surface area contributed by atoms with Crippen LogP contribution in [0.25, 0.3) is 10.9 Å². The number of nitrogens with zero attached hydrogens (tertiary/aromatic N) is 1. The summed E-state index contributed by atoms with van der Waals surface area (Å²) in [5.74, 6) is 1.64. The third-order valence-electron chi connectivity index (χ3n) is 5.54. The molecule has 2 N–H and O–H groups in total. The second-order valence-corrected chi connectivity index (χ2v) is 8.83. The predicted octanol–water partition coefficient (Wildman–Crippen LogP) is 5.04. The monoisotopic (exact) mass is 429 g/mol. The molecule has 2 aromatic carbocycles. The largest absolute Gasteiger partial charge is 0.489 e. The lowest BCUT2D eigenvalue weighted by molar-refractivity contribution is 0.0956. The van der Waals surface area contributed by atoms with Crippen molar-refractivity contribution in [1.82, 2.24) is 15.3 Å². The molecule has 31 heavy (non-hydrogen) atoms. The van der Waals surface area contributed by atoms with Crippen molar-refractivity contribution in [3.05, 3.63) is 95.4 Å². The lowest BCUT2D eigenvalue weighted by Gasteiger charge is -2.13. The average Bonchev–Trinajstić information content (AvgIpc) is 3.42. The fourth-order valence-electron chi connectivity index (χ4n) is 3.98. The Morgan fingerprint density at radius 2 is 2.03 bits per heavy atom. The molecular weight excluding hydrogens is 406 g/mol. The number of benzene rings is 2. The number of ketones is 1. The Morgan fingerprint density at radius 3 is 2.84 bits per heavy atom. The maximum absolute atomic E-state index is 13.4. The average molecular weight is 430 g/mol. The molecule has 1 saturated heterocycles. The second-order valence-electron chi connectivity index (χ2n) is 7.69. The van der Waals surface area contributed by atoms with Crippen molar-refractivity contribution in [2.24, 2.45) is 0 Å². The molecule has 1 aliphatic rings. The van der Waals surface area contributed by atoms with Gasteiger partial charge in [0.25, 0.3) is 0 Å². The smallest absolute Gasteiger partial charge is 0.183 e. The zero-order valence-corrected chi connectivity index (χ0v) is 18.0. The van der Waals surface area contributed by atoms with E-state index in [-0.39, 0.29) is 17.2 Å². The van der Waals surface area contributed by atoms with Crippen molar-refractivity contribution in [2.45, 2.75) is 24.9 Å². The highest BCUT2D eigenvalue weighted by atomic mass is 32.2. The number of fused-ring (bicyclic) bond motifs is 1. The van der Waals surface area contributed by atoms with Gasteiger partial charge in [0.1, 0.15) is 12.4 Å². The Labute approximate surface area is 185 Å². The molecule has 0 radical (unpaired) electrons. The molecular formula is C25H23N3O2S. The van der Waals surface area contributed by atoms with Crippen LogP contribution in [0.4, 0.5) is 0 Å². The highest BCUT2D eigenvalue weighted by Gasteiger charge is 2.33. The van der Waals surface area contributed by atoms with Crippen LogP contribution in [0.3, 0.4) is 0 Å². The van der Waals surface area contributed by atoms with Crippen molar-refractivity contribution in [1.29, 1.82) is 0 Å². The molecule has 1 fully saturated rings. The number of hydrogen-bond acceptors (Lipinski definition) is 5. The Bertz CT molecular complexity index is 1210. The van der Waals surface area contributed by atoms with Gasteiger partial charge in [-0.05, 0) is 36.2 Å². The van der Waals surface area contributed by atoms with Crippen LogP contribution >= 0.6 is 11.8 Å². The van der Waals surface area contributed by atoms with Crippen molar-refractivity contribution in [2.75, 3.05) is 5.75 Å². The molecule has 1 unspecified atom stereocenters.